The van der Waals surface area contributed by atoms with Crippen molar-refractivity contribution in [3.63, 3.8) is 0 Å². The number of piperazine rings is 1. The van der Waals surface area contributed by atoms with Gasteiger partial charge in [0, 0.05) is 49.4 Å². The van der Waals surface area contributed by atoms with Crippen LogP contribution in [0, 0.1) is 5.82 Å². The molecule has 0 amide bonds. The summed E-state index contributed by atoms with van der Waals surface area (Å²) in [7, 11) is -3.86. The number of nitrogens with zero attached hydrogens (tertiary/aromatic N) is 2. The van der Waals surface area contributed by atoms with Crippen molar-refractivity contribution in [2.24, 2.45) is 0 Å². The van der Waals surface area contributed by atoms with Gasteiger partial charge in [0.2, 0.25) is 10.0 Å². The van der Waals surface area contributed by atoms with E-state index < -0.39 is 15.8 Å². The Morgan fingerprint density at radius 2 is 1.73 bits per heavy atom. The van der Waals surface area contributed by atoms with Gasteiger partial charge in [-0.05, 0) is 30.3 Å². The molecule has 2 aromatic rings. The van der Waals surface area contributed by atoms with Gasteiger partial charge in [0.15, 0.2) is 0 Å². The zero-order valence-electron chi connectivity index (χ0n) is 14.2. The molecule has 140 valence electrons. The predicted molar refractivity (Wildman–Crippen MR) is 104 cm³/mol. The summed E-state index contributed by atoms with van der Waals surface area (Å²) in [6, 6.07) is 14.1. The van der Waals surface area contributed by atoms with Gasteiger partial charge in [-0.1, -0.05) is 34.1 Å². The summed E-state index contributed by atoms with van der Waals surface area (Å²) in [5, 5.41) is 0. The standard InChI is InChI=1S/C18H21BrFN3O2S/c19-15-6-7-17(20)18(14-15)26(24,25)21-8-9-22-10-12-23(13-11-22)16-4-2-1-3-5-16/h1-7,14,21H,8-13H2. The van der Waals surface area contributed by atoms with Crippen molar-refractivity contribution in [1.82, 2.24) is 9.62 Å². The number of sulfonamides is 1. The predicted octanol–water partition coefficient (Wildman–Crippen LogP) is 2.69. The minimum atomic E-state index is -3.86. The first-order valence-electron chi connectivity index (χ1n) is 8.43. The highest BCUT2D eigenvalue weighted by Gasteiger charge is 2.21. The minimum absolute atomic E-state index is 0.250. The van der Waals surface area contributed by atoms with Crippen LogP contribution in [0.2, 0.25) is 0 Å². The van der Waals surface area contributed by atoms with Crippen LogP contribution in [-0.2, 0) is 10.0 Å². The Labute approximate surface area is 162 Å². The summed E-state index contributed by atoms with van der Waals surface area (Å²) in [5.41, 5.74) is 1.21. The number of hydrogen-bond donors (Lipinski definition) is 1. The summed E-state index contributed by atoms with van der Waals surface area (Å²) >= 11 is 3.17. The molecule has 1 N–H and O–H groups in total. The molecule has 0 unspecified atom stereocenters. The molecule has 1 saturated heterocycles. The fourth-order valence-corrected chi connectivity index (χ4v) is 4.60. The maximum absolute atomic E-state index is 13.8. The summed E-state index contributed by atoms with van der Waals surface area (Å²) in [5.74, 6) is -0.753. The van der Waals surface area contributed by atoms with Crippen LogP contribution in [0.1, 0.15) is 0 Å². The average Bonchev–Trinajstić information content (AvgIpc) is 2.65. The molecular formula is C18H21BrFN3O2S. The van der Waals surface area contributed by atoms with Gasteiger partial charge in [-0.3, -0.25) is 4.90 Å². The molecule has 5 nitrogen and oxygen atoms in total. The number of halogens is 2. The van der Waals surface area contributed by atoms with E-state index in [1.54, 1.807) is 0 Å². The number of nitrogens with one attached hydrogen (secondary N) is 1. The summed E-state index contributed by atoms with van der Waals surface area (Å²) < 4.78 is 41.4. The van der Waals surface area contributed by atoms with Crippen molar-refractivity contribution in [3.8, 4) is 0 Å². The lowest BCUT2D eigenvalue weighted by molar-refractivity contribution is 0.262. The third-order valence-electron chi connectivity index (χ3n) is 4.40. The van der Waals surface area contributed by atoms with Crippen molar-refractivity contribution < 1.29 is 12.8 Å². The van der Waals surface area contributed by atoms with E-state index in [1.165, 1.54) is 17.8 Å². The zero-order chi connectivity index (χ0) is 18.6. The maximum atomic E-state index is 13.8. The monoisotopic (exact) mass is 441 g/mol. The van der Waals surface area contributed by atoms with E-state index in [4.69, 9.17) is 0 Å². The summed E-state index contributed by atoms with van der Waals surface area (Å²) in [4.78, 5) is 4.19. The van der Waals surface area contributed by atoms with Crippen molar-refractivity contribution in [3.05, 3.63) is 58.8 Å². The lowest BCUT2D eigenvalue weighted by atomic mass is 10.2. The van der Waals surface area contributed by atoms with E-state index >= 15 is 0 Å². The molecule has 0 radical (unpaired) electrons. The first-order chi connectivity index (χ1) is 12.5. The van der Waals surface area contributed by atoms with Crippen molar-refractivity contribution in [2.75, 3.05) is 44.2 Å². The molecule has 0 aromatic heterocycles. The number of para-hydroxylation sites is 1. The van der Waals surface area contributed by atoms with Gasteiger partial charge < -0.3 is 4.90 Å². The van der Waals surface area contributed by atoms with Gasteiger partial charge in [0.25, 0.3) is 0 Å². The molecule has 1 aliphatic heterocycles. The molecule has 0 aliphatic carbocycles. The first kappa shape index (κ1) is 19.3. The highest BCUT2D eigenvalue weighted by molar-refractivity contribution is 9.10. The van der Waals surface area contributed by atoms with Crippen LogP contribution >= 0.6 is 15.9 Å². The highest BCUT2D eigenvalue weighted by Crippen LogP contribution is 2.20. The van der Waals surface area contributed by atoms with Crippen molar-refractivity contribution >= 4 is 31.6 Å². The van der Waals surface area contributed by atoms with Crippen LogP contribution in [-0.4, -0.2) is 52.6 Å². The molecule has 1 fully saturated rings. The van der Waals surface area contributed by atoms with Crippen LogP contribution in [0.15, 0.2) is 57.9 Å². The Bertz CT molecular complexity index is 841. The normalized spacial score (nSPS) is 16.0. The van der Waals surface area contributed by atoms with Crippen molar-refractivity contribution in [1.29, 1.82) is 0 Å². The number of benzene rings is 2. The third kappa shape index (κ3) is 4.82. The van der Waals surface area contributed by atoms with E-state index in [0.29, 0.717) is 11.0 Å². The van der Waals surface area contributed by atoms with E-state index in [0.717, 1.165) is 32.2 Å². The molecule has 0 spiro atoms. The van der Waals surface area contributed by atoms with Crippen molar-refractivity contribution in [2.45, 2.75) is 4.90 Å². The Morgan fingerprint density at radius 3 is 2.42 bits per heavy atom. The smallest absolute Gasteiger partial charge is 0.243 e. The molecule has 1 aliphatic rings. The SMILES string of the molecule is O=S(=O)(NCCN1CCN(c2ccccc2)CC1)c1cc(Br)ccc1F. The Hall–Kier alpha value is -1.48. The number of anilines is 1. The van der Waals surface area contributed by atoms with Crippen LogP contribution in [0.4, 0.5) is 10.1 Å². The molecule has 0 atom stereocenters. The number of rotatable bonds is 6. The molecule has 2 aromatic carbocycles. The topological polar surface area (TPSA) is 52.7 Å². The van der Waals surface area contributed by atoms with Gasteiger partial charge in [-0.2, -0.15) is 0 Å². The summed E-state index contributed by atoms with van der Waals surface area (Å²) in [6.07, 6.45) is 0. The summed E-state index contributed by atoms with van der Waals surface area (Å²) in [6.45, 7) is 4.37. The van der Waals surface area contributed by atoms with Crippen LogP contribution in [0.5, 0.6) is 0 Å². The molecular weight excluding hydrogens is 421 g/mol. The Kier molecular flexibility index (Phi) is 6.29. The lowest BCUT2D eigenvalue weighted by Crippen LogP contribution is -2.48. The average molecular weight is 442 g/mol. The molecule has 3 rings (SSSR count). The second-order valence-corrected chi connectivity index (χ2v) is 8.79. The van der Waals surface area contributed by atoms with E-state index in [9.17, 15) is 12.8 Å². The second-order valence-electron chi connectivity index (χ2n) is 6.14. The third-order valence-corrected chi connectivity index (χ3v) is 6.37. The van der Waals surface area contributed by atoms with Crippen LogP contribution in [0.3, 0.4) is 0 Å². The largest absolute Gasteiger partial charge is 0.369 e. The van der Waals surface area contributed by atoms with E-state index in [1.807, 2.05) is 18.2 Å². The van der Waals surface area contributed by atoms with Gasteiger partial charge in [-0.15, -0.1) is 0 Å². The minimum Gasteiger partial charge on any atom is -0.369 e. The molecule has 1 heterocycles. The number of hydrogen-bond acceptors (Lipinski definition) is 4. The van der Waals surface area contributed by atoms with E-state index in [-0.39, 0.29) is 11.4 Å². The van der Waals surface area contributed by atoms with E-state index in [2.05, 4.69) is 42.6 Å². The fraction of sp³-hybridized carbons (Fsp3) is 0.333. The highest BCUT2D eigenvalue weighted by atomic mass is 79.9. The maximum Gasteiger partial charge on any atom is 0.243 e. The molecule has 8 heteroatoms. The quantitative estimate of drug-likeness (QED) is 0.748. The van der Waals surface area contributed by atoms with Gasteiger partial charge in [0.1, 0.15) is 10.7 Å². The van der Waals surface area contributed by atoms with Crippen LogP contribution < -0.4 is 9.62 Å². The lowest BCUT2D eigenvalue weighted by Gasteiger charge is -2.36. The zero-order valence-corrected chi connectivity index (χ0v) is 16.6. The molecule has 0 saturated carbocycles. The first-order valence-corrected chi connectivity index (χ1v) is 10.7. The van der Waals surface area contributed by atoms with Gasteiger partial charge in [0.05, 0.1) is 0 Å². The molecule has 26 heavy (non-hydrogen) atoms. The molecule has 0 bridgehead atoms. The Morgan fingerprint density at radius 1 is 1.04 bits per heavy atom. The van der Waals surface area contributed by atoms with Gasteiger partial charge >= 0.3 is 0 Å². The van der Waals surface area contributed by atoms with Gasteiger partial charge in [-0.25, -0.2) is 17.5 Å². The Balaban J connectivity index is 1.49. The van der Waals surface area contributed by atoms with Crippen LogP contribution in [0.25, 0.3) is 0 Å². The fourth-order valence-electron chi connectivity index (χ4n) is 2.97. The second kappa shape index (κ2) is 8.47.